The third-order valence-corrected chi connectivity index (χ3v) is 2.88. The summed E-state index contributed by atoms with van der Waals surface area (Å²) in [5.41, 5.74) is 9.27. The first kappa shape index (κ1) is 10.7. The lowest BCUT2D eigenvalue weighted by atomic mass is 10.1. The molecule has 18 heavy (non-hydrogen) atoms. The average Bonchev–Trinajstić information content (AvgIpc) is 2.79. The predicted octanol–water partition coefficient (Wildman–Crippen LogP) is 2.43. The number of nitrogens with two attached hydrogens (primary N) is 1. The van der Waals surface area contributed by atoms with Crippen LogP contribution in [0.1, 0.15) is 5.69 Å². The van der Waals surface area contributed by atoms with Crippen LogP contribution in [-0.4, -0.2) is 14.6 Å². The lowest BCUT2D eigenvalue weighted by Gasteiger charge is -2.00. The molecule has 3 rings (SSSR count). The molecule has 5 heteroatoms. The Bertz CT molecular complexity index is 733. The van der Waals surface area contributed by atoms with E-state index in [0.29, 0.717) is 17.0 Å². The number of hydrogen-bond donors (Lipinski definition) is 1. The summed E-state index contributed by atoms with van der Waals surface area (Å²) >= 11 is 0. The van der Waals surface area contributed by atoms with E-state index in [1.54, 1.807) is 22.8 Å². The zero-order valence-electron chi connectivity index (χ0n) is 9.76. The first-order valence-electron chi connectivity index (χ1n) is 5.52. The van der Waals surface area contributed by atoms with Gasteiger partial charge in [0.1, 0.15) is 5.82 Å². The fourth-order valence-corrected chi connectivity index (χ4v) is 1.85. The topological polar surface area (TPSA) is 56.2 Å². The highest BCUT2D eigenvalue weighted by Gasteiger charge is 2.08. The molecular formula is C13H11FN4. The zero-order chi connectivity index (χ0) is 12.7. The summed E-state index contributed by atoms with van der Waals surface area (Å²) in [5, 5.41) is 4.39. The number of anilines is 1. The number of fused-ring (bicyclic) bond motifs is 1. The van der Waals surface area contributed by atoms with Crippen LogP contribution in [0.3, 0.4) is 0 Å². The van der Waals surface area contributed by atoms with Gasteiger partial charge in [0.2, 0.25) is 0 Å². The summed E-state index contributed by atoms with van der Waals surface area (Å²) in [7, 11) is 0. The van der Waals surface area contributed by atoms with Crippen molar-refractivity contribution in [1.29, 1.82) is 0 Å². The molecule has 0 unspecified atom stereocenters. The van der Waals surface area contributed by atoms with Crippen LogP contribution in [0.5, 0.6) is 0 Å². The van der Waals surface area contributed by atoms with Gasteiger partial charge in [-0.2, -0.15) is 5.10 Å². The molecule has 0 aliphatic carbocycles. The van der Waals surface area contributed by atoms with Crippen molar-refractivity contribution in [3.8, 4) is 11.3 Å². The Morgan fingerprint density at radius 1 is 1.28 bits per heavy atom. The van der Waals surface area contributed by atoms with Gasteiger partial charge in [-0.1, -0.05) is 12.1 Å². The minimum absolute atomic E-state index is 0.284. The van der Waals surface area contributed by atoms with Crippen LogP contribution in [0.25, 0.3) is 16.9 Å². The molecule has 0 fully saturated rings. The molecular weight excluding hydrogens is 231 g/mol. The zero-order valence-corrected chi connectivity index (χ0v) is 9.76. The maximum Gasteiger partial charge on any atom is 0.155 e. The van der Waals surface area contributed by atoms with Gasteiger partial charge in [0, 0.05) is 11.6 Å². The Hall–Kier alpha value is -2.43. The lowest BCUT2D eigenvalue weighted by Crippen LogP contribution is -2.00. The van der Waals surface area contributed by atoms with Gasteiger partial charge in [-0.05, 0) is 19.1 Å². The molecule has 0 radical (unpaired) electrons. The van der Waals surface area contributed by atoms with Crippen LogP contribution in [0.2, 0.25) is 0 Å². The van der Waals surface area contributed by atoms with Crippen LogP contribution in [0.15, 0.2) is 36.5 Å². The van der Waals surface area contributed by atoms with Gasteiger partial charge in [0.25, 0.3) is 0 Å². The molecule has 90 valence electrons. The molecule has 0 atom stereocenters. The van der Waals surface area contributed by atoms with Crippen molar-refractivity contribution in [2.24, 2.45) is 0 Å². The third kappa shape index (κ3) is 1.60. The Kier molecular flexibility index (Phi) is 2.26. The van der Waals surface area contributed by atoms with E-state index in [9.17, 15) is 4.39 Å². The standard InChI is InChI=1S/C13H11FN4/c1-8-11(15)7-16-13-6-12(17-18(8)13)9-3-2-4-10(14)5-9/h2-7H,15H2,1H3. The molecule has 2 aromatic heterocycles. The molecule has 2 N–H and O–H groups in total. The number of nitrogens with zero attached hydrogens (tertiary/aromatic N) is 3. The smallest absolute Gasteiger partial charge is 0.155 e. The molecule has 2 heterocycles. The van der Waals surface area contributed by atoms with E-state index in [4.69, 9.17) is 5.73 Å². The minimum atomic E-state index is -0.284. The summed E-state index contributed by atoms with van der Waals surface area (Å²) in [6.07, 6.45) is 1.60. The van der Waals surface area contributed by atoms with Crippen LogP contribution >= 0.6 is 0 Å². The quantitative estimate of drug-likeness (QED) is 0.713. The van der Waals surface area contributed by atoms with Gasteiger partial charge < -0.3 is 5.73 Å². The number of nitrogen functional groups attached to an aromatic ring is 1. The van der Waals surface area contributed by atoms with E-state index in [0.717, 1.165) is 11.3 Å². The van der Waals surface area contributed by atoms with Crippen molar-refractivity contribution >= 4 is 11.3 Å². The fraction of sp³-hybridized carbons (Fsp3) is 0.0769. The van der Waals surface area contributed by atoms with Crippen molar-refractivity contribution in [3.05, 3.63) is 48.0 Å². The molecule has 0 spiro atoms. The molecule has 0 saturated heterocycles. The number of aromatic nitrogens is 3. The van der Waals surface area contributed by atoms with Crippen molar-refractivity contribution < 1.29 is 4.39 Å². The highest BCUT2D eigenvalue weighted by molar-refractivity contribution is 5.65. The minimum Gasteiger partial charge on any atom is -0.396 e. The summed E-state index contributed by atoms with van der Waals surface area (Å²) < 4.78 is 14.8. The van der Waals surface area contributed by atoms with Crippen LogP contribution in [0.4, 0.5) is 10.1 Å². The van der Waals surface area contributed by atoms with Gasteiger partial charge in [-0.15, -0.1) is 0 Å². The van der Waals surface area contributed by atoms with Crippen molar-refractivity contribution in [1.82, 2.24) is 14.6 Å². The van der Waals surface area contributed by atoms with Crippen LogP contribution in [-0.2, 0) is 0 Å². The van der Waals surface area contributed by atoms with Gasteiger partial charge >= 0.3 is 0 Å². The first-order chi connectivity index (χ1) is 8.65. The predicted molar refractivity (Wildman–Crippen MR) is 67.5 cm³/mol. The monoisotopic (exact) mass is 242 g/mol. The molecule has 0 saturated carbocycles. The second kappa shape index (κ2) is 3.80. The average molecular weight is 242 g/mol. The first-order valence-corrected chi connectivity index (χ1v) is 5.52. The number of aryl methyl sites for hydroxylation is 1. The van der Waals surface area contributed by atoms with E-state index >= 15 is 0 Å². The SMILES string of the molecule is Cc1c(N)cnc2cc(-c3cccc(F)c3)nn12. The van der Waals surface area contributed by atoms with E-state index in [2.05, 4.69) is 10.1 Å². The molecule has 0 bridgehead atoms. The van der Waals surface area contributed by atoms with E-state index in [-0.39, 0.29) is 5.82 Å². The highest BCUT2D eigenvalue weighted by Crippen LogP contribution is 2.21. The van der Waals surface area contributed by atoms with Gasteiger partial charge in [-0.3, -0.25) is 0 Å². The van der Waals surface area contributed by atoms with E-state index in [1.165, 1.54) is 12.1 Å². The molecule has 1 aromatic carbocycles. The summed E-state index contributed by atoms with van der Waals surface area (Å²) in [5.74, 6) is -0.284. The van der Waals surface area contributed by atoms with Gasteiger partial charge in [0.15, 0.2) is 5.65 Å². The molecule has 0 aliphatic rings. The van der Waals surface area contributed by atoms with Crippen LogP contribution < -0.4 is 5.73 Å². The van der Waals surface area contributed by atoms with Crippen molar-refractivity contribution in [2.45, 2.75) is 6.92 Å². The largest absolute Gasteiger partial charge is 0.396 e. The Morgan fingerprint density at radius 3 is 2.89 bits per heavy atom. The Morgan fingerprint density at radius 2 is 2.11 bits per heavy atom. The number of halogens is 1. The van der Waals surface area contributed by atoms with Gasteiger partial charge in [-0.25, -0.2) is 13.9 Å². The fourth-order valence-electron chi connectivity index (χ4n) is 1.85. The number of hydrogen-bond acceptors (Lipinski definition) is 3. The molecule has 4 nitrogen and oxygen atoms in total. The number of rotatable bonds is 1. The summed E-state index contributed by atoms with van der Waals surface area (Å²) in [6, 6.07) is 8.12. The normalized spacial score (nSPS) is 11.0. The van der Waals surface area contributed by atoms with Crippen molar-refractivity contribution in [3.63, 3.8) is 0 Å². The molecule has 3 aromatic rings. The number of benzene rings is 1. The van der Waals surface area contributed by atoms with Gasteiger partial charge in [0.05, 0.1) is 23.3 Å². The summed E-state index contributed by atoms with van der Waals surface area (Å²) in [4.78, 5) is 4.19. The second-order valence-corrected chi connectivity index (χ2v) is 4.11. The lowest BCUT2D eigenvalue weighted by molar-refractivity contribution is 0.628. The molecule has 0 aliphatic heterocycles. The van der Waals surface area contributed by atoms with E-state index < -0.39 is 0 Å². The highest BCUT2D eigenvalue weighted by atomic mass is 19.1. The molecule has 0 amide bonds. The maximum atomic E-state index is 13.2. The van der Waals surface area contributed by atoms with Crippen molar-refractivity contribution in [2.75, 3.05) is 5.73 Å². The van der Waals surface area contributed by atoms with E-state index in [1.807, 2.05) is 13.0 Å². The third-order valence-electron chi connectivity index (χ3n) is 2.88. The maximum absolute atomic E-state index is 13.2. The Balaban J connectivity index is 2.23. The second-order valence-electron chi connectivity index (χ2n) is 4.11. The Labute approximate surface area is 103 Å². The summed E-state index contributed by atoms with van der Waals surface area (Å²) in [6.45, 7) is 1.87. The van der Waals surface area contributed by atoms with Crippen LogP contribution in [0, 0.1) is 12.7 Å².